The molecule has 0 aliphatic rings. The normalized spacial score (nSPS) is 10.2. The van der Waals surface area contributed by atoms with E-state index in [9.17, 15) is 14.4 Å². The SMILES string of the molecule is CN(CC(=O)Nc1ccccc1Cl)C(=O)COC(=O)c1c(Cl)cccc1Cl. The van der Waals surface area contributed by atoms with E-state index in [0.717, 1.165) is 4.90 Å². The number of rotatable bonds is 6. The van der Waals surface area contributed by atoms with Crippen LogP contribution < -0.4 is 5.32 Å². The molecule has 0 fully saturated rings. The molecule has 0 atom stereocenters. The van der Waals surface area contributed by atoms with Gasteiger partial charge in [0.1, 0.15) is 0 Å². The number of ether oxygens (including phenoxy) is 1. The van der Waals surface area contributed by atoms with Crippen LogP contribution in [0.3, 0.4) is 0 Å². The first-order valence-electron chi connectivity index (χ1n) is 7.69. The van der Waals surface area contributed by atoms with Crippen molar-refractivity contribution in [1.29, 1.82) is 0 Å². The summed E-state index contributed by atoms with van der Waals surface area (Å²) < 4.78 is 4.94. The zero-order valence-corrected chi connectivity index (χ0v) is 16.4. The number of halogens is 3. The average molecular weight is 430 g/mol. The van der Waals surface area contributed by atoms with Crippen LogP contribution in [0, 0.1) is 0 Å². The Morgan fingerprint density at radius 2 is 1.56 bits per heavy atom. The fourth-order valence-corrected chi connectivity index (χ4v) is 2.79. The van der Waals surface area contributed by atoms with Crippen molar-refractivity contribution in [3.8, 4) is 0 Å². The van der Waals surface area contributed by atoms with Gasteiger partial charge in [-0.25, -0.2) is 4.79 Å². The van der Waals surface area contributed by atoms with E-state index in [2.05, 4.69) is 5.32 Å². The average Bonchev–Trinajstić information content (AvgIpc) is 2.61. The van der Waals surface area contributed by atoms with Crippen molar-refractivity contribution in [2.45, 2.75) is 0 Å². The number of benzene rings is 2. The van der Waals surface area contributed by atoms with E-state index in [1.54, 1.807) is 30.3 Å². The summed E-state index contributed by atoms with van der Waals surface area (Å²) in [6, 6.07) is 11.3. The van der Waals surface area contributed by atoms with Crippen molar-refractivity contribution < 1.29 is 19.1 Å². The molecule has 0 heterocycles. The van der Waals surface area contributed by atoms with Gasteiger partial charge < -0.3 is 15.0 Å². The third-order valence-corrected chi connectivity index (χ3v) is 4.41. The summed E-state index contributed by atoms with van der Waals surface area (Å²) in [5.74, 6) is -1.84. The van der Waals surface area contributed by atoms with Crippen molar-refractivity contribution in [2.24, 2.45) is 0 Å². The first-order chi connectivity index (χ1) is 12.8. The second kappa shape index (κ2) is 9.60. The molecule has 1 N–H and O–H groups in total. The number of amides is 2. The fourth-order valence-electron chi connectivity index (χ4n) is 2.06. The molecule has 27 heavy (non-hydrogen) atoms. The van der Waals surface area contributed by atoms with Crippen molar-refractivity contribution >= 4 is 58.3 Å². The number of carbonyl (C=O) groups is 3. The molecule has 6 nitrogen and oxygen atoms in total. The molecule has 142 valence electrons. The lowest BCUT2D eigenvalue weighted by Crippen LogP contribution is -2.37. The van der Waals surface area contributed by atoms with Crippen LogP contribution in [-0.4, -0.2) is 42.9 Å². The van der Waals surface area contributed by atoms with Crippen LogP contribution in [0.5, 0.6) is 0 Å². The van der Waals surface area contributed by atoms with Gasteiger partial charge in [0.2, 0.25) is 5.91 Å². The maximum absolute atomic E-state index is 12.1. The van der Waals surface area contributed by atoms with E-state index in [0.29, 0.717) is 10.7 Å². The monoisotopic (exact) mass is 428 g/mol. The van der Waals surface area contributed by atoms with E-state index in [1.165, 1.54) is 19.2 Å². The first kappa shape index (κ1) is 21.0. The highest BCUT2D eigenvalue weighted by molar-refractivity contribution is 6.39. The van der Waals surface area contributed by atoms with E-state index in [1.807, 2.05) is 0 Å². The van der Waals surface area contributed by atoms with Crippen molar-refractivity contribution in [1.82, 2.24) is 4.90 Å². The molecule has 0 bridgehead atoms. The zero-order valence-electron chi connectivity index (χ0n) is 14.2. The number of anilines is 1. The molecule has 0 saturated heterocycles. The van der Waals surface area contributed by atoms with Gasteiger partial charge in [-0.15, -0.1) is 0 Å². The summed E-state index contributed by atoms with van der Waals surface area (Å²) in [7, 11) is 1.41. The first-order valence-corrected chi connectivity index (χ1v) is 8.82. The molecule has 0 radical (unpaired) electrons. The highest BCUT2D eigenvalue weighted by atomic mass is 35.5. The van der Waals surface area contributed by atoms with Gasteiger partial charge in [-0.2, -0.15) is 0 Å². The van der Waals surface area contributed by atoms with Crippen LogP contribution in [0.15, 0.2) is 42.5 Å². The fraction of sp³-hybridized carbons (Fsp3) is 0.167. The summed E-state index contributed by atoms with van der Waals surface area (Å²) in [6.45, 7) is -0.801. The summed E-state index contributed by atoms with van der Waals surface area (Å²) in [4.78, 5) is 37.3. The van der Waals surface area contributed by atoms with Crippen LogP contribution >= 0.6 is 34.8 Å². The van der Waals surface area contributed by atoms with Crippen LogP contribution in [0.4, 0.5) is 5.69 Å². The number of para-hydroxylation sites is 1. The van der Waals surface area contributed by atoms with Gasteiger partial charge in [-0.3, -0.25) is 9.59 Å². The molecular formula is C18H15Cl3N2O4. The van der Waals surface area contributed by atoms with Crippen molar-refractivity contribution in [2.75, 3.05) is 25.5 Å². The number of hydrogen-bond acceptors (Lipinski definition) is 4. The Bertz CT molecular complexity index is 853. The molecular weight excluding hydrogens is 415 g/mol. The Morgan fingerprint density at radius 1 is 0.963 bits per heavy atom. The second-order valence-electron chi connectivity index (χ2n) is 5.45. The number of likely N-dealkylation sites (N-methyl/N-ethyl adjacent to an activating group) is 1. The van der Waals surface area contributed by atoms with Gasteiger partial charge in [0.25, 0.3) is 5.91 Å². The minimum Gasteiger partial charge on any atom is -0.452 e. The Balaban J connectivity index is 1.87. The van der Waals surface area contributed by atoms with Gasteiger partial charge in [-0.05, 0) is 24.3 Å². The highest BCUT2D eigenvalue weighted by Gasteiger charge is 2.19. The summed E-state index contributed by atoms with van der Waals surface area (Å²) in [5, 5.41) is 3.21. The molecule has 2 rings (SSSR count). The zero-order chi connectivity index (χ0) is 20.0. The van der Waals surface area contributed by atoms with Gasteiger partial charge >= 0.3 is 5.97 Å². The molecule has 0 aromatic heterocycles. The lowest BCUT2D eigenvalue weighted by molar-refractivity contribution is -0.136. The topological polar surface area (TPSA) is 75.7 Å². The predicted octanol–water partition coefficient (Wildman–Crippen LogP) is 3.90. The van der Waals surface area contributed by atoms with E-state index < -0.39 is 24.4 Å². The molecule has 0 spiro atoms. The van der Waals surface area contributed by atoms with Crippen LogP contribution in [-0.2, 0) is 14.3 Å². The van der Waals surface area contributed by atoms with E-state index in [4.69, 9.17) is 39.5 Å². The molecule has 2 aromatic rings. The molecule has 0 aliphatic heterocycles. The Kier molecular flexibility index (Phi) is 7.47. The standard InChI is InChI=1S/C18H15Cl3N2O4/c1-23(9-15(24)22-14-8-3-2-5-11(14)19)16(25)10-27-18(26)17-12(20)6-4-7-13(17)21/h2-8H,9-10H2,1H3,(H,22,24). The van der Waals surface area contributed by atoms with E-state index in [-0.39, 0.29) is 22.2 Å². The molecule has 0 saturated carbocycles. The van der Waals surface area contributed by atoms with Gasteiger partial charge in [0.05, 0.1) is 32.9 Å². The largest absolute Gasteiger partial charge is 0.452 e. The number of carbonyl (C=O) groups excluding carboxylic acids is 3. The Hall–Kier alpha value is -2.28. The summed E-state index contributed by atoms with van der Waals surface area (Å²) in [5.41, 5.74) is 0.414. The quantitative estimate of drug-likeness (QED) is 0.707. The number of hydrogen-bond donors (Lipinski definition) is 1. The maximum atomic E-state index is 12.1. The number of nitrogens with zero attached hydrogens (tertiary/aromatic N) is 1. The third-order valence-electron chi connectivity index (χ3n) is 3.45. The van der Waals surface area contributed by atoms with Gasteiger partial charge in [-0.1, -0.05) is 53.0 Å². The predicted molar refractivity (Wildman–Crippen MR) is 104 cm³/mol. The third kappa shape index (κ3) is 5.85. The second-order valence-corrected chi connectivity index (χ2v) is 6.67. The molecule has 2 aromatic carbocycles. The molecule has 9 heteroatoms. The van der Waals surface area contributed by atoms with Gasteiger partial charge in [0, 0.05) is 7.05 Å². The number of esters is 1. The smallest absolute Gasteiger partial charge is 0.341 e. The lowest BCUT2D eigenvalue weighted by atomic mass is 10.2. The Morgan fingerprint density at radius 3 is 2.19 bits per heavy atom. The number of nitrogens with one attached hydrogen (secondary N) is 1. The summed E-state index contributed by atoms with van der Waals surface area (Å²) >= 11 is 17.8. The van der Waals surface area contributed by atoms with Crippen LogP contribution in [0.2, 0.25) is 15.1 Å². The molecule has 0 unspecified atom stereocenters. The summed E-state index contributed by atoms with van der Waals surface area (Å²) in [6.07, 6.45) is 0. The minimum absolute atomic E-state index is 0.0206. The Labute approximate surface area is 170 Å². The molecule has 0 aliphatic carbocycles. The van der Waals surface area contributed by atoms with Crippen molar-refractivity contribution in [3.05, 3.63) is 63.1 Å². The van der Waals surface area contributed by atoms with Gasteiger partial charge in [0.15, 0.2) is 6.61 Å². The maximum Gasteiger partial charge on any atom is 0.341 e. The van der Waals surface area contributed by atoms with Crippen molar-refractivity contribution in [3.63, 3.8) is 0 Å². The van der Waals surface area contributed by atoms with Crippen LogP contribution in [0.1, 0.15) is 10.4 Å². The van der Waals surface area contributed by atoms with Crippen LogP contribution in [0.25, 0.3) is 0 Å². The minimum atomic E-state index is -0.826. The highest BCUT2D eigenvalue weighted by Crippen LogP contribution is 2.25. The van der Waals surface area contributed by atoms with E-state index >= 15 is 0 Å². The lowest BCUT2D eigenvalue weighted by Gasteiger charge is -2.17. The molecule has 2 amide bonds.